The molecule has 0 aromatic heterocycles. The summed E-state index contributed by atoms with van der Waals surface area (Å²) in [7, 11) is 0. The first-order valence-electron chi connectivity index (χ1n) is 15.4. The van der Waals surface area contributed by atoms with Crippen molar-refractivity contribution >= 4 is 29.3 Å². The van der Waals surface area contributed by atoms with Gasteiger partial charge in [0.05, 0.1) is 30.8 Å². The van der Waals surface area contributed by atoms with Crippen molar-refractivity contribution < 1.29 is 50.6 Å². The molecular formula is C34H35F6N3O5. The maximum atomic E-state index is 13.6. The van der Waals surface area contributed by atoms with E-state index in [-0.39, 0.29) is 24.8 Å². The summed E-state index contributed by atoms with van der Waals surface area (Å²) in [4.78, 5) is 38.9. The Kier molecular flexibility index (Phi) is 11.7. The van der Waals surface area contributed by atoms with Crippen molar-refractivity contribution in [2.75, 3.05) is 23.4 Å². The fourth-order valence-corrected chi connectivity index (χ4v) is 5.42. The molecule has 3 aromatic rings. The monoisotopic (exact) mass is 679 g/mol. The lowest BCUT2D eigenvalue weighted by Gasteiger charge is -2.26. The number of ether oxygens (including phenoxy) is 1. The number of halogens is 6. The van der Waals surface area contributed by atoms with Gasteiger partial charge in [-0.15, -0.1) is 0 Å². The van der Waals surface area contributed by atoms with Crippen LogP contribution in [-0.2, 0) is 28.4 Å². The molecule has 1 saturated carbocycles. The molecule has 258 valence electrons. The van der Waals surface area contributed by atoms with Crippen LogP contribution in [-0.4, -0.2) is 42.3 Å². The number of carbonyl (C=O) groups is 3. The van der Waals surface area contributed by atoms with Gasteiger partial charge in [0.2, 0.25) is 0 Å². The molecule has 0 bridgehead atoms. The molecule has 14 heteroatoms. The number of hydrogen-bond acceptors (Lipinski definition) is 5. The first-order valence-corrected chi connectivity index (χ1v) is 15.4. The molecule has 0 radical (unpaired) electrons. The van der Waals surface area contributed by atoms with Gasteiger partial charge in [0.15, 0.2) is 6.10 Å². The van der Waals surface area contributed by atoms with Crippen LogP contribution < -0.4 is 15.5 Å². The van der Waals surface area contributed by atoms with Gasteiger partial charge in [0.1, 0.15) is 0 Å². The average molecular weight is 680 g/mol. The fraction of sp³-hybridized carbons (Fsp3) is 0.382. The standard InChI is InChI=1S/C34H35F6N3O5/c1-2-48-31(46)29(44)19-41-30(45)24-10-8-21(9-11-24)20-43(28-14-12-23(13-15-28)22-6-4-3-5-7-22)32(47)42-27-17-25(33(35,36)37)16-26(18-27)34(38,39)40/h8-18,22,29,44H,2-7,19-20H2,1H3,(H,41,45)(H,42,47)/t29-/m1/s1. The third-order valence-electron chi connectivity index (χ3n) is 7.94. The third kappa shape index (κ3) is 9.72. The lowest BCUT2D eigenvalue weighted by Crippen LogP contribution is -2.37. The van der Waals surface area contributed by atoms with Crippen LogP contribution in [0, 0.1) is 0 Å². The van der Waals surface area contributed by atoms with E-state index in [1.807, 2.05) is 12.1 Å². The first kappa shape index (κ1) is 36.2. The molecule has 1 atom stereocenters. The molecule has 1 aliphatic carbocycles. The highest BCUT2D eigenvalue weighted by molar-refractivity contribution is 6.02. The van der Waals surface area contributed by atoms with Crippen LogP contribution in [0.25, 0.3) is 0 Å². The number of rotatable bonds is 10. The van der Waals surface area contributed by atoms with Gasteiger partial charge in [-0.1, -0.05) is 43.5 Å². The van der Waals surface area contributed by atoms with E-state index in [4.69, 9.17) is 0 Å². The molecule has 0 unspecified atom stereocenters. The molecule has 3 N–H and O–H groups in total. The third-order valence-corrected chi connectivity index (χ3v) is 7.94. The van der Waals surface area contributed by atoms with Gasteiger partial charge in [-0.25, -0.2) is 9.59 Å². The number of hydrogen-bond donors (Lipinski definition) is 3. The summed E-state index contributed by atoms with van der Waals surface area (Å²) in [5.74, 6) is -1.15. The maximum Gasteiger partial charge on any atom is 0.416 e. The highest BCUT2D eigenvalue weighted by Gasteiger charge is 2.37. The quantitative estimate of drug-likeness (QED) is 0.151. The zero-order valence-corrected chi connectivity index (χ0v) is 26.0. The molecule has 0 saturated heterocycles. The zero-order chi connectivity index (χ0) is 35.1. The second-order valence-corrected chi connectivity index (χ2v) is 11.4. The summed E-state index contributed by atoms with van der Waals surface area (Å²) in [6.07, 6.45) is -6.38. The number of nitrogens with one attached hydrogen (secondary N) is 2. The van der Waals surface area contributed by atoms with Crippen LogP contribution in [0.1, 0.15) is 77.6 Å². The normalized spacial score (nSPS) is 14.6. The number of alkyl halides is 6. The average Bonchev–Trinajstić information content (AvgIpc) is 3.06. The Labute approximate surface area is 273 Å². The maximum absolute atomic E-state index is 13.6. The molecule has 3 amide bonds. The van der Waals surface area contributed by atoms with Gasteiger partial charge in [0, 0.05) is 16.9 Å². The number of esters is 1. The Morgan fingerprint density at radius 1 is 0.875 bits per heavy atom. The topological polar surface area (TPSA) is 108 Å². The molecule has 1 aliphatic rings. The van der Waals surface area contributed by atoms with Gasteiger partial charge in [0.25, 0.3) is 5.91 Å². The predicted molar refractivity (Wildman–Crippen MR) is 165 cm³/mol. The predicted octanol–water partition coefficient (Wildman–Crippen LogP) is 7.66. The number of carbonyl (C=O) groups excluding carboxylic acids is 3. The number of aliphatic hydroxyl groups excluding tert-OH is 1. The van der Waals surface area contributed by atoms with Crippen LogP contribution in [0.3, 0.4) is 0 Å². The minimum absolute atomic E-state index is 0.0212. The van der Waals surface area contributed by atoms with Crippen LogP contribution in [0.15, 0.2) is 66.7 Å². The van der Waals surface area contributed by atoms with E-state index in [9.17, 15) is 45.8 Å². The molecule has 8 nitrogen and oxygen atoms in total. The SMILES string of the molecule is CCOC(=O)[C@H](O)CNC(=O)c1ccc(CN(C(=O)Nc2cc(C(F)(F)F)cc(C(F)(F)F)c2)c2ccc(C3CCCCC3)cc2)cc1. The lowest BCUT2D eigenvalue weighted by atomic mass is 9.84. The first-order chi connectivity index (χ1) is 22.7. The Hall–Kier alpha value is -4.59. The summed E-state index contributed by atoms with van der Waals surface area (Å²) < 4.78 is 85.5. The van der Waals surface area contributed by atoms with Crippen molar-refractivity contribution in [1.29, 1.82) is 0 Å². The summed E-state index contributed by atoms with van der Waals surface area (Å²) in [6.45, 7) is 1.07. The highest BCUT2D eigenvalue weighted by atomic mass is 19.4. The van der Waals surface area contributed by atoms with Crippen molar-refractivity contribution in [1.82, 2.24) is 5.32 Å². The molecule has 3 aromatic carbocycles. The highest BCUT2D eigenvalue weighted by Crippen LogP contribution is 2.38. The number of benzene rings is 3. The molecule has 0 heterocycles. The second kappa shape index (κ2) is 15.5. The number of urea groups is 1. The van der Waals surface area contributed by atoms with E-state index in [0.717, 1.165) is 37.7 Å². The van der Waals surface area contributed by atoms with Crippen LogP contribution in [0.5, 0.6) is 0 Å². The summed E-state index contributed by atoms with van der Waals surface area (Å²) in [5, 5.41) is 14.4. The van der Waals surface area contributed by atoms with E-state index in [2.05, 4.69) is 15.4 Å². The van der Waals surface area contributed by atoms with E-state index in [1.54, 1.807) is 19.1 Å². The van der Waals surface area contributed by atoms with Crippen LogP contribution in [0.4, 0.5) is 42.5 Å². The smallest absolute Gasteiger partial charge is 0.416 e. The van der Waals surface area contributed by atoms with Crippen molar-refractivity contribution in [3.8, 4) is 0 Å². The van der Waals surface area contributed by atoms with Crippen LogP contribution in [0.2, 0.25) is 0 Å². The van der Waals surface area contributed by atoms with Crippen molar-refractivity contribution in [3.63, 3.8) is 0 Å². The van der Waals surface area contributed by atoms with Crippen molar-refractivity contribution in [2.45, 2.75) is 69.9 Å². The Morgan fingerprint density at radius 3 is 2.00 bits per heavy atom. The number of aliphatic hydroxyl groups is 1. The molecule has 0 aliphatic heterocycles. The molecule has 1 fully saturated rings. The second-order valence-electron chi connectivity index (χ2n) is 11.4. The number of anilines is 2. The minimum Gasteiger partial charge on any atom is -0.464 e. The molecular weight excluding hydrogens is 644 g/mol. The summed E-state index contributed by atoms with van der Waals surface area (Å²) in [5.41, 5.74) is -1.79. The van der Waals surface area contributed by atoms with Crippen molar-refractivity contribution in [2.24, 2.45) is 0 Å². The number of nitrogens with zero attached hydrogens (tertiary/aromatic N) is 1. The van der Waals surface area contributed by atoms with E-state index in [1.165, 1.54) is 29.2 Å². The largest absolute Gasteiger partial charge is 0.464 e. The van der Waals surface area contributed by atoms with E-state index in [0.29, 0.717) is 29.3 Å². The van der Waals surface area contributed by atoms with Gasteiger partial charge >= 0.3 is 24.4 Å². The van der Waals surface area contributed by atoms with Crippen LogP contribution >= 0.6 is 0 Å². The fourth-order valence-electron chi connectivity index (χ4n) is 5.42. The Morgan fingerprint density at radius 2 is 1.46 bits per heavy atom. The molecule has 4 rings (SSSR count). The van der Waals surface area contributed by atoms with Gasteiger partial charge in [-0.2, -0.15) is 26.3 Å². The minimum atomic E-state index is -5.10. The molecule has 48 heavy (non-hydrogen) atoms. The van der Waals surface area contributed by atoms with E-state index < -0.39 is 59.7 Å². The molecule has 0 spiro atoms. The summed E-state index contributed by atoms with van der Waals surface area (Å²) >= 11 is 0. The zero-order valence-electron chi connectivity index (χ0n) is 26.0. The Bertz CT molecular complexity index is 1540. The van der Waals surface area contributed by atoms with Gasteiger partial charge in [-0.05, 0) is 79.3 Å². The lowest BCUT2D eigenvalue weighted by molar-refractivity contribution is -0.152. The van der Waals surface area contributed by atoms with Crippen molar-refractivity contribution in [3.05, 3.63) is 94.5 Å². The van der Waals surface area contributed by atoms with Gasteiger partial charge < -0.3 is 20.5 Å². The van der Waals surface area contributed by atoms with E-state index >= 15 is 0 Å². The Balaban J connectivity index is 1.58. The van der Waals surface area contributed by atoms with Gasteiger partial charge in [-0.3, -0.25) is 9.69 Å². The summed E-state index contributed by atoms with van der Waals surface area (Å²) in [6, 6.07) is 12.8. The number of amides is 3.